The molecule has 1 saturated heterocycles. The Morgan fingerprint density at radius 1 is 1.33 bits per heavy atom. The average Bonchev–Trinajstić information content (AvgIpc) is 3.01. The summed E-state index contributed by atoms with van der Waals surface area (Å²) in [7, 11) is 0. The first-order chi connectivity index (χ1) is 11.6. The summed E-state index contributed by atoms with van der Waals surface area (Å²) in [5, 5.41) is 8.97. The summed E-state index contributed by atoms with van der Waals surface area (Å²) in [6.45, 7) is 7.31. The number of nitrogens with zero attached hydrogens (tertiary/aromatic N) is 4. The maximum Gasteiger partial charge on any atom is 0.356 e. The number of hydrogen-bond acceptors (Lipinski definition) is 4. The standard InChI is InChI=1S/C18H22N4O2/c1-3-15-12(6-21-9-16(18(23)24)19-10-21)4-5-17(20-15)22-7-13-11(2)14(13)8-22/h4-5,9-11,13-14H,3,6-8H2,1-2H3,(H,23,24)/t11-,13+,14-. The number of hydrogen-bond donors (Lipinski definition) is 1. The van der Waals surface area contributed by atoms with Crippen molar-refractivity contribution in [2.45, 2.75) is 26.8 Å². The Balaban J connectivity index is 1.52. The molecule has 2 aromatic heterocycles. The quantitative estimate of drug-likeness (QED) is 0.913. The van der Waals surface area contributed by atoms with E-state index in [9.17, 15) is 4.79 Å². The van der Waals surface area contributed by atoms with E-state index in [0.717, 1.165) is 54.3 Å². The summed E-state index contributed by atoms with van der Waals surface area (Å²) >= 11 is 0. The molecule has 0 amide bonds. The minimum Gasteiger partial charge on any atom is -0.476 e. The molecule has 1 saturated carbocycles. The zero-order valence-corrected chi connectivity index (χ0v) is 14.0. The number of carbonyl (C=O) groups is 1. The molecule has 1 aliphatic carbocycles. The molecule has 6 heteroatoms. The van der Waals surface area contributed by atoms with Crippen molar-refractivity contribution in [1.82, 2.24) is 14.5 Å². The fourth-order valence-electron chi connectivity index (χ4n) is 3.91. The summed E-state index contributed by atoms with van der Waals surface area (Å²) in [6.07, 6.45) is 3.98. The molecular formula is C18H22N4O2. The predicted octanol–water partition coefficient (Wildman–Crippen LogP) is 2.29. The second-order valence-corrected chi connectivity index (χ2v) is 6.96. The number of aryl methyl sites for hydroxylation is 1. The SMILES string of the molecule is CCc1nc(N2C[C@@H]3[C@H](C)[C@@H]3C2)ccc1Cn1cnc(C(=O)O)c1. The largest absolute Gasteiger partial charge is 0.476 e. The molecule has 1 aliphatic heterocycles. The van der Waals surface area contributed by atoms with Crippen molar-refractivity contribution >= 4 is 11.8 Å². The van der Waals surface area contributed by atoms with Crippen LogP contribution in [0.1, 0.15) is 35.6 Å². The topological polar surface area (TPSA) is 71.2 Å². The van der Waals surface area contributed by atoms with Gasteiger partial charge in [0.15, 0.2) is 5.69 Å². The Labute approximate surface area is 141 Å². The molecule has 3 atom stereocenters. The van der Waals surface area contributed by atoms with Crippen molar-refractivity contribution < 1.29 is 9.90 Å². The van der Waals surface area contributed by atoms with Gasteiger partial charge in [0.1, 0.15) is 5.82 Å². The van der Waals surface area contributed by atoms with Crippen LogP contribution in [0.15, 0.2) is 24.7 Å². The number of carboxylic acids is 1. The van der Waals surface area contributed by atoms with Crippen LogP contribution >= 0.6 is 0 Å². The second kappa shape index (κ2) is 5.61. The van der Waals surface area contributed by atoms with Crippen molar-refractivity contribution in [2.24, 2.45) is 17.8 Å². The number of piperidine rings is 1. The lowest BCUT2D eigenvalue weighted by molar-refractivity contribution is 0.0691. The van der Waals surface area contributed by atoms with E-state index in [1.807, 2.05) is 0 Å². The molecule has 1 N–H and O–H groups in total. The lowest BCUT2D eigenvalue weighted by Crippen LogP contribution is -2.25. The molecule has 24 heavy (non-hydrogen) atoms. The summed E-state index contributed by atoms with van der Waals surface area (Å²) in [6, 6.07) is 4.22. The van der Waals surface area contributed by atoms with Crippen LogP contribution in [0.5, 0.6) is 0 Å². The van der Waals surface area contributed by atoms with Crippen molar-refractivity contribution in [2.75, 3.05) is 18.0 Å². The molecule has 2 aromatic rings. The second-order valence-electron chi connectivity index (χ2n) is 6.96. The minimum absolute atomic E-state index is 0.0723. The number of aromatic carboxylic acids is 1. The highest BCUT2D eigenvalue weighted by atomic mass is 16.4. The first kappa shape index (κ1) is 15.2. The highest BCUT2D eigenvalue weighted by Crippen LogP contribution is 2.51. The summed E-state index contributed by atoms with van der Waals surface area (Å²) in [5.74, 6) is 2.68. The van der Waals surface area contributed by atoms with Gasteiger partial charge in [0, 0.05) is 25.0 Å². The normalized spacial score (nSPS) is 24.9. The number of fused-ring (bicyclic) bond motifs is 1. The van der Waals surface area contributed by atoms with Gasteiger partial charge in [-0.1, -0.05) is 19.9 Å². The Morgan fingerprint density at radius 3 is 2.71 bits per heavy atom. The Kier molecular flexibility index (Phi) is 3.55. The molecule has 4 rings (SSSR count). The van der Waals surface area contributed by atoms with Crippen molar-refractivity contribution in [1.29, 1.82) is 0 Å². The molecule has 0 spiro atoms. The third-order valence-electron chi connectivity index (χ3n) is 5.54. The molecule has 3 heterocycles. The zero-order chi connectivity index (χ0) is 16.8. The molecular weight excluding hydrogens is 304 g/mol. The van der Waals surface area contributed by atoms with E-state index in [1.54, 1.807) is 17.1 Å². The first-order valence-corrected chi connectivity index (χ1v) is 8.55. The lowest BCUT2D eigenvalue weighted by atomic mass is 10.1. The minimum atomic E-state index is -1.00. The summed E-state index contributed by atoms with van der Waals surface area (Å²) in [4.78, 5) is 22.1. The number of pyridine rings is 1. The number of rotatable bonds is 5. The molecule has 0 radical (unpaired) electrons. The highest BCUT2D eigenvalue weighted by Gasteiger charge is 2.52. The van der Waals surface area contributed by atoms with E-state index in [1.165, 1.54) is 0 Å². The van der Waals surface area contributed by atoms with Crippen LogP contribution in [0.3, 0.4) is 0 Å². The lowest BCUT2D eigenvalue weighted by Gasteiger charge is -2.21. The Hall–Kier alpha value is -2.37. The predicted molar refractivity (Wildman–Crippen MR) is 90.3 cm³/mol. The van der Waals surface area contributed by atoms with Crippen LogP contribution < -0.4 is 4.90 Å². The van der Waals surface area contributed by atoms with Gasteiger partial charge in [-0.15, -0.1) is 0 Å². The van der Waals surface area contributed by atoms with Crippen molar-refractivity contribution in [3.8, 4) is 0 Å². The zero-order valence-electron chi connectivity index (χ0n) is 14.0. The van der Waals surface area contributed by atoms with Gasteiger partial charge >= 0.3 is 5.97 Å². The fourth-order valence-corrected chi connectivity index (χ4v) is 3.91. The van der Waals surface area contributed by atoms with E-state index in [0.29, 0.717) is 6.54 Å². The van der Waals surface area contributed by atoms with E-state index >= 15 is 0 Å². The monoisotopic (exact) mass is 326 g/mol. The molecule has 2 fully saturated rings. The van der Waals surface area contributed by atoms with Gasteiger partial charge in [0.05, 0.1) is 12.9 Å². The molecule has 0 aromatic carbocycles. The molecule has 6 nitrogen and oxygen atoms in total. The van der Waals surface area contributed by atoms with Gasteiger partial charge in [-0.25, -0.2) is 14.8 Å². The molecule has 0 bridgehead atoms. The van der Waals surface area contributed by atoms with E-state index in [-0.39, 0.29) is 5.69 Å². The van der Waals surface area contributed by atoms with Crippen LogP contribution in [-0.2, 0) is 13.0 Å². The van der Waals surface area contributed by atoms with Crippen molar-refractivity contribution in [3.63, 3.8) is 0 Å². The van der Waals surface area contributed by atoms with Crippen LogP contribution in [0.25, 0.3) is 0 Å². The van der Waals surface area contributed by atoms with Gasteiger partial charge < -0.3 is 14.6 Å². The van der Waals surface area contributed by atoms with E-state index < -0.39 is 5.97 Å². The fraction of sp³-hybridized carbons (Fsp3) is 0.500. The first-order valence-electron chi connectivity index (χ1n) is 8.55. The molecule has 2 aliphatic rings. The summed E-state index contributed by atoms with van der Waals surface area (Å²) in [5.41, 5.74) is 2.27. The van der Waals surface area contributed by atoms with Crippen molar-refractivity contribution in [3.05, 3.63) is 41.6 Å². The number of anilines is 1. The van der Waals surface area contributed by atoms with Gasteiger partial charge in [0.25, 0.3) is 0 Å². The van der Waals surface area contributed by atoms with Crippen LogP contribution in [0.2, 0.25) is 0 Å². The van der Waals surface area contributed by atoms with Gasteiger partial charge in [-0.3, -0.25) is 0 Å². The Bertz CT molecular complexity index is 773. The van der Waals surface area contributed by atoms with Crippen LogP contribution in [0.4, 0.5) is 5.82 Å². The third-order valence-corrected chi connectivity index (χ3v) is 5.54. The highest BCUT2D eigenvalue weighted by molar-refractivity contribution is 5.84. The molecule has 126 valence electrons. The summed E-state index contributed by atoms with van der Waals surface area (Å²) < 4.78 is 1.80. The third kappa shape index (κ3) is 2.56. The van der Waals surface area contributed by atoms with E-state index in [4.69, 9.17) is 10.1 Å². The molecule has 0 unspecified atom stereocenters. The van der Waals surface area contributed by atoms with Crippen LogP contribution in [0, 0.1) is 17.8 Å². The van der Waals surface area contributed by atoms with Gasteiger partial charge in [-0.2, -0.15) is 0 Å². The van der Waals surface area contributed by atoms with E-state index in [2.05, 4.69) is 35.9 Å². The van der Waals surface area contributed by atoms with Gasteiger partial charge in [-0.05, 0) is 35.8 Å². The number of aromatic nitrogens is 3. The van der Waals surface area contributed by atoms with Crippen LogP contribution in [-0.4, -0.2) is 38.7 Å². The average molecular weight is 326 g/mol. The van der Waals surface area contributed by atoms with Gasteiger partial charge in [0.2, 0.25) is 0 Å². The smallest absolute Gasteiger partial charge is 0.356 e. The number of carboxylic acid groups (broad SMARTS) is 1. The maximum absolute atomic E-state index is 10.9. The number of imidazole rings is 1. The maximum atomic E-state index is 10.9. The Morgan fingerprint density at radius 2 is 2.08 bits per heavy atom.